The van der Waals surface area contributed by atoms with Crippen LogP contribution in [0.4, 0.5) is 0 Å². The molecular formula is C11H18N2. The Balaban J connectivity index is 1.61. The molecule has 2 rings (SSSR count). The van der Waals surface area contributed by atoms with Gasteiger partial charge in [0.15, 0.2) is 0 Å². The lowest BCUT2D eigenvalue weighted by molar-refractivity contribution is 0.645. The summed E-state index contributed by atoms with van der Waals surface area (Å²) in [4.78, 5) is 0. The molecule has 1 saturated carbocycles. The van der Waals surface area contributed by atoms with Crippen molar-refractivity contribution in [1.82, 2.24) is 9.88 Å². The van der Waals surface area contributed by atoms with Crippen molar-refractivity contribution in [3.8, 4) is 0 Å². The zero-order valence-corrected chi connectivity index (χ0v) is 8.29. The first-order valence-electron chi connectivity index (χ1n) is 5.19. The normalized spacial score (nSPS) is 16.4. The van der Waals surface area contributed by atoms with Crippen LogP contribution >= 0.6 is 0 Å². The topological polar surface area (TPSA) is 17.0 Å². The van der Waals surface area contributed by atoms with Gasteiger partial charge in [0.2, 0.25) is 0 Å². The van der Waals surface area contributed by atoms with Gasteiger partial charge in [0.25, 0.3) is 0 Å². The number of rotatable bonds is 5. The van der Waals surface area contributed by atoms with E-state index >= 15 is 0 Å². The van der Waals surface area contributed by atoms with Gasteiger partial charge in [-0.2, -0.15) is 0 Å². The lowest BCUT2D eigenvalue weighted by Crippen LogP contribution is -2.17. The molecule has 1 aliphatic rings. The first kappa shape index (κ1) is 8.82. The summed E-state index contributed by atoms with van der Waals surface area (Å²) in [5.74, 6) is 0. The fourth-order valence-corrected chi connectivity index (χ4v) is 1.59. The molecule has 1 aromatic heterocycles. The van der Waals surface area contributed by atoms with Crippen molar-refractivity contribution in [3.05, 3.63) is 24.0 Å². The minimum Gasteiger partial charge on any atom is -0.357 e. The maximum absolute atomic E-state index is 3.53. The Kier molecular flexibility index (Phi) is 2.69. The summed E-state index contributed by atoms with van der Waals surface area (Å²) in [6.45, 7) is 1.18. The van der Waals surface area contributed by atoms with Gasteiger partial charge in [-0.25, -0.2) is 0 Å². The van der Waals surface area contributed by atoms with E-state index in [0.29, 0.717) is 0 Å². The summed E-state index contributed by atoms with van der Waals surface area (Å²) in [7, 11) is 2.08. The third kappa shape index (κ3) is 2.88. The van der Waals surface area contributed by atoms with E-state index in [4.69, 9.17) is 0 Å². The van der Waals surface area contributed by atoms with E-state index in [-0.39, 0.29) is 0 Å². The van der Waals surface area contributed by atoms with E-state index in [1.54, 1.807) is 0 Å². The van der Waals surface area contributed by atoms with Gasteiger partial charge in [-0.15, -0.1) is 0 Å². The Morgan fingerprint density at radius 1 is 1.54 bits per heavy atom. The third-order valence-electron chi connectivity index (χ3n) is 2.55. The summed E-state index contributed by atoms with van der Waals surface area (Å²) < 4.78 is 2.11. The quantitative estimate of drug-likeness (QED) is 0.679. The number of hydrogen-bond donors (Lipinski definition) is 1. The van der Waals surface area contributed by atoms with Gasteiger partial charge in [-0.3, -0.25) is 0 Å². The molecule has 0 saturated heterocycles. The van der Waals surface area contributed by atoms with Crippen LogP contribution in [-0.4, -0.2) is 17.2 Å². The van der Waals surface area contributed by atoms with Crippen molar-refractivity contribution >= 4 is 0 Å². The maximum Gasteiger partial charge on any atom is 0.0106 e. The molecule has 1 fully saturated rings. The van der Waals surface area contributed by atoms with Gasteiger partial charge in [-0.1, -0.05) is 0 Å². The van der Waals surface area contributed by atoms with E-state index < -0.39 is 0 Å². The second-order valence-corrected chi connectivity index (χ2v) is 4.02. The highest BCUT2D eigenvalue weighted by Gasteiger charge is 2.19. The van der Waals surface area contributed by atoms with Crippen LogP contribution in [0.3, 0.4) is 0 Å². The van der Waals surface area contributed by atoms with Crippen molar-refractivity contribution in [3.63, 3.8) is 0 Å². The predicted molar refractivity (Wildman–Crippen MR) is 54.8 cm³/mol. The minimum atomic E-state index is 0.857. The van der Waals surface area contributed by atoms with Crippen LogP contribution < -0.4 is 5.32 Å². The van der Waals surface area contributed by atoms with E-state index in [1.165, 1.54) is 37.8 Å². The Hall–Kier alpha value is -0.760. The molecule has 0 atom stereocenters. The summed E-state index contributed by atoms with van der Waals surface area (Å²) in [6.07, 6.45) is 9.58. The van der Waals surface area contributed by atoms with E-state index in [0.717, 1.165) is 6.04 Å². The van der Waals surface area contributed by atoms with Crippen LogP contribution in [0.2, 0.25) is 0 Å². The molecule has 2 nitrogen and oxygen atoms in total. The molecule has 72 valence electrons. The molecule has 1 heterocycles. The molecule has 0 amide bonds. The fourth-order valence-electron chi connectivity index (χ4n) is 1.59. The van der Waals surface area contributed by atoms with Crippen LogP contribution in [0, 0.1) is 0 Å². The number of nitrogens with zero attached hydrogens (tertiary/aromatic N) is 1. The summed E-state index contributed by atoms with van der Waals surface area (Å²) in [6, 6.07) is 3.06. The Bertz CT molecular complexity index is 261. The number of aryl methyl sites for hydroxylation is 2. The van der Waals surface area contributed by atoms with Crippen LogP contribution in [0.25, 0.3) is 0 Å². The van der Waals surface area contributed by atoms with Gasteiger partial charge in [0.1, 0.15) is 0 Å². The highest BCUT2D eigenvalue weighted by Crippen LogP contribution is 2.18. The monoisotopic (exact) mass is 178 g/mol. The highest BCUT2D eigenvalue weighted by molar-refractivity contribution is 5.09. The van der Waals surface area contributed by atoms with Crippen molar-refractivity contribution < 1.29 is 0 Å². The predicted octanol–water partition coefficient (Wildman–Crippen LogP) is 1.71. The van der Waals surface area contributed by atoms with Gasteiger partial charge in [0, 0.05) is 25.5 Å². The van der Waals surface area contributed by atoms with Crippen molar-refractivity contribution in [2.75, 3.05) is 6.54 Å². The molecule has 0 spiro atoms. The summed E-state index contributed by atoms with van der Waals surface area (Å²) >= 11 is 0. The van der Waals surface area contributed by atoms with Crippen LogP contribution in [0.15, 0.2) is 18.5 Å². The largest absolute Gasteiger partial charge is 0.357 e. The Labute approximate surface area is 79.9 Å². The highest BCUT2D eigenvalue weighted by atomic mass is 14.9. The molecular weight excluding hydrogens is 160 g/mol. The van der Waals surface area contributed by atoms with E-state index in [1.807, 2.05) is 0 Å². The standard InChI is InChI=1S/C11H18N2/c1-13-8-6-10(9-13)3-2-7-12-11-4-5-11/h6,8-9,11-12H,2-5,7H2,1H3. The average Bonchev–Trinajstić information content (AvgIpc) is 2.84. The molecule has 0 unspecified atom stereocenters. The molecule has 13 heavy (non-hydrogen) atoms. The minimum absolute atomic E-state index is 0.857. The lowest BCUT2D eigenvalue weighted by Gasteiger charge is -2.00. The molecule has 0 aromatic carbocycles. The first-order valence-corrected chi connectivity index (χ1v) is 5.19. The second kappa shape index (κ2) is 3.97. The van der Waals surface area contributed by atoms with Crippen molar-refractivity contribution in [2.45, 2.75) is 31.7 Å². The average molecular weight is 178 g/mol. The zero-order chi connectivity index (χ0) is 9.10. The van der Waals surface area contributed by atoms with Gasteiger partial charge in [0.05, 0.1) is 0 Å². The number of aromatic nitrogens is 1. The van der Waals surface area contributed by atoms with Gasteiger partial charge >= 0.3 is 0 Å². The van der Waals surface area contributed by atoms with Crippen molar-refractivity contribution in [1.29, 1.82) is 0 Å². The molecule has 2 heteroatoms. The second-order valence-electron chi connectivity index (χ2n) is 4.02. The lowest BCUT2D eigenvalue weighted by atomic mass is 10.2. The SMILES string of the molecule is Cn1ccc(CCCNC2CC2)c1. The summed E-state index contributed by atoms with van der Waals surface area (Å²) in [5, 5.41) is 3.53. The van der Waals surface area contributed by atoms with E-state index in [9.17, 15) is 0 Å². The molecule has 1 N–H and O–H groups in total. The number of hydrogen-bond acceptors (Lipinski definition) is 1. The number of nitrogens with one attached hydrogen (secondary N) is 1. The molecule has 1 aromatic rings. The van der Waals surface area contributed by atoms with Gasteiger partial charge in [-0.05, 0) is 43.9 Å². The third-order valence-corrected chi connectivity index (χ3v) is 2.55. The van der Waals surface area contributed by atoms with Gasteiger partial charge < -0.3 is 9.88 Å². The Morgan fingerprint density at radius 2 is 2.38 bits per heavy atom. The summed E-state index contributed by atoms with van der Waals surface area (Å²) in [5.41, 5.74) is 1.46. The van der Waals surface area contributed by atoms with Crippen LogP contribution in [0.1, 0.15) is 24.8 Å². The van der Waals surface area contributed by atoms with Crippen LogP contribution in [0.5, 0.6) is 0 Å². The molecule has 0 bridgehead atoms. The molecule has 1 aliphatic carbocycles. The molecule has 0 radical (unpaired) electrons. The fraction of sp³-hybridized carbons (Fsp3) is 0.636. The van der Waals surface area contributed by atoms with Crippen LogP contribution in [-0.2, 0) is 13.5 Å². The first-order chi connectivity index (χ1) is 6.34. The van der Waals surface area contributed by atoms with Crippen molar-refractivity contribution in [2.24, 2.45) is 7.05 Å². The van der Waals surface area contributed by atoms with E-state index in [2.05, 4.69) is 35.4 Å². The zero-order valence-electron chi connectivity index (χ0n) is 8.29. The molecule has 0 aliphatic heterocycles. The maximum atomic E-state index is 3.53. The smallest absolute Gasteiger partial charge is 0.0106 e. The Morgan fingerprint density at radius 3 is 3.00 bits per heavy atom.